The summed E-state index contributed by atoms with van der Waals surface area (Å²) in [6.45, 7) is 4.96. The Balaban J connectivity index is -0.000000336. The van der Waals surface area contributed by atoms with Gasteiger partial charge in [-0.3, -0.25) is 14.4 Å². The summed E-state index contributed by atoms with van der Waals surface area (Å²) >= 11 is 0. The molecule has 0 spiro atoms. The van der Waals surface area contributed by atoms with Gasteiger partial charge in [0.1, 0.15) is 18.1 Å². The van der Waals surface area contributed by atoms with Crippen molar-refractivity contribution in [2.45, 2.75) is 64.1 Å². The Labute approximate surface area is 166 Å². The first-order valence-corrected chi connectivity index (χ1v) is 9.14. The highest BCUT2D eigenvalue weighted by Gasteiger charge is 2.12. The number of ether oxygens (including phenoxy) is 1. The van der Waals surface area contributed by atoms with Crippen molar-refractivity contribution in [1.82, 2.24) is 0 Å². The average molecular weight is 410 g/mol. The quantitative estimate of drug-likeness (QED) is 0.200. The molecule has 0 amide bonds. The monoisotopic (exact) mass is 409 g/mol. The summed E-state index contributed by atoms with van der Waals surface area (Å²) in [4.78, 5) is 30.8. The smallest absolute Gasteiger partial charge is 0.322 e. The molecule has 11 nitrogen and oxygen atoms in total. The highest BCUT2D eigenvalue weighted by atomic mass is 16.5. The number of carboxylic acids is 2. The molecule has 0 rings (SSSR count). The van der Waals surface area contributed by atoms with E-state index in [1.165, 1.54) is 7.11 Å². The topological polar surface area (TPSA) is 231 Å². The first-order chi connectivity index (χ1) is 12.9. The van der Waals surface area contributed by atoms with E-state index in [0.29, 0.717) is 44.7 Å². The molecule has 0 fully saturated rings. The number of nitrogens with two attached hydrogens (primary N) is 5. The van der Waals surface area contributed by atoms with E-state index >= 15 is 0 Å². The molecular formula is C17H39N5O6. The lowest BCUT2D eigenvalue weighted by Crippen LogP contribution is -2.31. The Bertz CT molecular complexity index is 423. The Hall–Kier alpha value is -1.79. The summed E-state index contributed by atoms with van der Waals surface area (Å²) in [5.41, 5.74) is 26.1. The van der Waals surface area contributed by atoms with Crippen molar-refractivity contribution in [2.24, 2.45) is 34.6 Å². The van der Waals surface area contributed by atoms with E-state index in [-0.39, 0.29) is 5.97 Å². The number of carbonyl (C=O) groups excluding carboxylic acids is 1. The van der Waals surface area contributed by atoms with Crippen LogP contribution >= 0.6 is 0 Å². The number of esters is 1. The molecule has 28 heavy (non-hydrogen) atoms. The minimum Gasteiger partial charge on any atom is -0.480 e. The number of carboxylic acid groups (broad SMARTS) is 2. The molecular weight excluding hydrogens is 370 g/mol. The van der Waals surface area contributed by atoms with Crippen LogP contribution in [0.25, 0.3) is 0 Å². The zero-order valence-electron chi connectivity index (χ0n) is 17.2. The Kier molecular flexibility index (Phi) is 22.0. The minimum atomic E-state index is -0.955. The molecule has 0 aromatic carbocycles. The lowest BCUT2D eigenvalue weighted by Gasteiger charge is -2.07. The summed E-state index contributed by atoms with van der Waals surface area (Å²) in [5.74, 6) is -1.88. The van der Waals surface area contributed by atoms with Gasteiger partial charge in [-0.25, -0.2) is 0 Å². The minimum absolute atomic E-state index is 0.357. The van der Waals surface area contributed by atoms with E-state index in [1.54, 1.807) is 0 Å². The normalized spacial score (nSPS) is 13.2. The summed E-state index contributed by atoms with van der Waals surface area (Å²) in [6.07, 6.45) is 3.05. The van der Waals surface area contributed by atoms with Crippen molar-refractivity contribution in [2.75, 3.05) is 20.2 Å². The van der Waals surface area contributed by atoms with Crippen LogP contribution < -0.4 is 28.7 Å². The molecule has 0 saturated carbocycles. The number of carbonyl (C=O) groups is 3. The number of hydrogen-bond donors (Lipinski definition) is 7. The molecule has 0 aliphatic rings. The van der Waals surface area contributed by atoms with Crippen LogP contribution in [-0.2, 0) is 19.1 Å². The Morgan fingerprint density at radius 2 is 1.21 bits per heavy atom. The van der Waals surface area contributed by atoms with Crippen molar-refractivity contribution in [3.05, 3.63) is 0 Å². The predicted octanol–water partition coefficient (Wildman–Crippen LogP) is -1.19. The Morgan fingerprint density at radius 1 is 0.821 bits per heavy atom. The molecule has 11 heteroatoms. The van der Waals surface area contributed by atoms with Gasteiger partial charge in [-0.05, 0) is 51.1 Å². The van der Waals surface area contributed by atoms with Crippen LogP contribution in [0.5, 0.6) is 0 Å². The zero-order chi connectivity index (χ0) is 22.7. The highest BCUT2D eigenvalue weighted by molar-refractivity contribution is 5.75. The summed E-state index contributed by atoms with van der Waals surface area (Å²) in [6, 6.07) is -1.94. The van der Waals surface area contributed by atoms with Gasteiger partial charge in [-0.15, -0.1) is 0 Å². The molecule has 12 N–H and O–H groups in total. The molecule has 0 aliphatic carbocycles. The van der Waals surface area contributed by atoms with Crippen molar-refractivity contribution in [3.8, 4) is 0 Å². The second-order valence-electron chi connectivity index (χ2n) is 6.51. The fourth-order valence-corrected chi connectivity index (χ4v) is 1.68. The van der Waals surface area contributed by atoms with E-state index < -0.39 is 30.1 Å². The predicted molar refractivity (Wildman–Crippen MR) is 107 cm³/mol. The van der Waals surface area contributed by atoms with Crippen LogP contribution in [0.2, 0.25) is 0 Å². The number of aliphatic carboxylic acids is 2. The maximum absolute atomic E-state index is 10.6. The molecule has 0 aromatic rings. The van der Waals surface area contributed by atoms with Crippen LogP contribution in [0, 0.1) is 5.92 Å². The Morgan fingerprint density at radius 3 is 1.46 bits per heavy atom. The third-order valence-corrected chi connectivity index (χ3v) is 3.30. The van der Waals surface area contributed by atoms with Crippen LogP contribution in [-0.4, -0.2) is 66.4 Å². The van der Waals surface area contributed by atoms with E-state index in [4.69, 9.17) is 38.9 Å². The van der Waals surface area contributed by atoms with Gasteiger partial charge >= 0.3 is 17.9 Å². The van der Waals surface area contributed by atoms with Crippen molar-refractivity contribution in [1.29, 1.82) is 0 Å². The molecule has 0 heterocycles. The van der Waals surface area contributed by atoms with Crippen molar-refractivity contribution in [3.63, 3.8) is 0 Å². The lowest BCUT2D eigenvalue weighted by molar-refractivity contribution is -0.142. The molecule has 0 unspecified atom stereocenters. The first kappa shape index (κ1) is 30.9. The van der Waals surface area contributed by atoms with Gasteiger partial charge in [0, 0.05) is 0 Å². The van der Waals surface area contributed by atoms with Gasteiger partial charge in [0.25, 0.3) is 0 Å². The van der Waals surface area contributed by atoms with Crippen LogP contribution in [0.15, 0.2) is 0 Å². The summed E-state index contributed by atoms with van der Waals surface area (Å²) in [5, 5.41) is 16.5. The van der Waals surface area contributed by atoms with Gasteiger partial charge in [0.2, 0.25) is 0 Å². The first-order valence-electron chi connectivity index (χ1n) is 9.14. The highest BCUT2D eigenvalue weighted by Crippen LogP contribution is 2.01. The fourth-order valence-electron chi connectivity index (χ4n) is 1.68. The van der Waals surface area contributed by atoms with E-state index in [0.717, 1.165) is 6.42 Å². The van der Waals surface area contributed by atoms with Gasteiger partial charge in [0.15, 0.2) is 0 Å². The molecule has 168 valence electrons. The zero-order valence-corrected chi connectivity index (χ0v) is 17.2. The molecule has 0 aliphatic heterocycles. The standard InChI is InChI=1S/C6H14N2O2.C6H13NO2.C5H12N2O2/c1-10-6(9)5(8)3-2-4-7;1-4(2)3-5(7)6(8)9;6-3-1-2-4(7)5(8)9/h5H,2-4,7-8H2,1H3;4-5H,3,7H2,1-2H3,(H,8,9);4H,1-3,6-7H2,(H,8,9)/t2*5-;4-/m000/s1. The van der Waals surface area contributed by atoms with Gasteiger partial charge in [-0.1, -0.05) is 13.8 Å². The molecule has 0 radical (unpaired) electrons. The second-order valence-corrected chi connectivity index (χ2v) is 6.51. The molecule has 0 aromatic heterocycles. The van der Waals surface area contributed by atoms with Gasteiger partial charge < -0.3 is 43.6 Å². The third-order valence-electron chi connectivity index (χ3n) is 3.30. The van der Waals surface area contributed by atoms with Crippen LogP contribution in [0.3, 0.4) is 0 Å². The summed E-state index contributed by atoms with van der Waals surface area (Å²) in [7, 11) is 1.32. The maximum atomic E-state index is 10.6. The molecule has 0 saturated heterocycles. The van der Waals surface area contributed by atoms with Gasteiger partial charge in [0.05, 0.1) is 7.11 Å². The number of methoxy groups -OCH3 is 1. The van der Waals surface area contributed by atoms with Crippen LogP contribution in [0.4, 0.5) is 0 Å². The average Bonchev–Trinajstić information content (AvgIpc) is 2.63. The largest absolute Gasteiger partial charge is 0.480 e. The molecule has 0 bridgehead atoms. The van der Waals surface area contributed by atoms with E-state index in [2.05, 4.69) is 4.74 Å². The second kappa shape index (κ2) is 20.0. The number of hydrogen-bond acceptors (Lipinski definition) is 9. The number of rotatable bonds is 11. The maximum Gasteiger partial charge on any atom is 0.322 e. The van der Waals surface area contributed by atoms with Crippen molar-refractivity contribution < 1.29 is 29.3 Å². The summed E-state index contributed by atoms with van der Waals surface area (Å²) < 4.78 is 4.40. The van der Waals surface area contributed by atoms with Crippen molar-refractivity contribution >= 4 is 17.9 Å². The molecule has 3 atom stereocenters. The SMILES string of the molecule is CC(C)C[C@H](N)C(=O)O.COC(=O)[C@@H](N)CCCN.NCCC[C@H](N)C(=O)O. The lowest BCUT2D eigenvalue weighted by atomic mass is 10.1. The van der Waals surface area contributed by atoms with Gasteiger partial charge in [-0.2, -0.15) is 0 Å². The fraction of sp³-hybridized carbons (Fsp3) is 0.824. The third kappa shape index (κ3) is 22.3. The van der Waals surface area contributed by atoms with E-state index in [1.807, 2.05) is 13.8 Å². The van der Waals surface area contributed by atoms with E-state index in [9.17, 15) is 14.4 Å². The van der Waals surface area contributed by atoms with Crippen LogP contribution in [0.1, 0.15) is 46.0 Å².